The van der Waals surface area contributed by atoms with Crippen LogP contribution in [-0.2, 0) is 12.8 Å². The van der Waals surface area contributed by atoms with E-state index < -0.39 is 0 Å². The van der Waals surface area contributed by atoms with Gasteiger partial charge < -0.3 is 10.1 Å². The van der Waals surface area contributed by atoms with Crippen molar-refractivity contribution in [2.24, 2.45) is 0 Å². The van der Waals surface area contributed by atoms with Crippen molar-refractivity contribution in [3.05, 3.63) is 40.7 Å². The number of ether oxygens (including phenoxy) is 1. The Balaban J connectivity index is 1.95. The van der Waals surface area contributed by atoms with E-state index in [1.54, 1.807) is 7.11 Å². The van der Waals surface area contributed by atoms with E-state index in [4.69, 9.17) is 14.8 Å². The van der Waals surface area contributed by atoms with Crippen LogP contribution in [0.15, 0.2) is 18.3 Å². The summed E-state index contributed by atoms with van der Waals surface area (Å²) >= 11 is 0. The first-order chi connectivity index (χ1) is 13.6. The van der Waals surface area contributed by atoms with Gasteiger partial charge in [0.15, 0.2) is 5.65 Å². The minimum absolute atomic E-state index is 0.443. The van der Waals surface area contributed by atoms with Crippen LogP contribution in [-0.4, -0.2) is 27.7 Å². The Morgan fingerprint density at radius 1 is 1.18 bits per heavy atom. The van der Waals surface area contributed by atoms with Crippen LogP contribution in [0, 0.1) is 13.8 Å². The molecule has 0 spiro atoms. The standard InChI is InChI=1S/C23H30N4O/c1-6-16(7-2)25-22-17-9-8-10-19(17)26-23-18(13-24-27(22)23)21-15(4)11-14(3)12-20(21)28-5/h11-13,16,25H,6-10H2,1-5H3. The summed E-state index contributed by atoms with van der Waals surface area (Å²) in [7, 11) is 1.73. The van der Waals surface area contributed by atoms with Crippen LogP contribution >= 0.6 is 0 Å². The van der Waals surface area contributed by atoms with E-state index in [-0.39, 0.29) is 0 Å². The number of rotatable bonds is 6. The Labute approximate surface area is 167 Å². The fourth-order valence-corrected chi connectivity index (χ4v) is 4.42. The van der Waals surface area contributed by atoms with Gasteiger partial charge in [0, 0.05) is 22.9 Å². The molecule has 0 atom stereocenters. The summed E-state index contributed by atoms with van der Waals surface area (Å²) in [5.41, 5.74) is 7.97. The molecule has 0 saturated heterocycles. The number of benzene rings is 1. The zero-order valence-electron chi connectivity index (χ0n) is 17.6. The summed E-state index contributed by atoms with van der Waals surface area (Å²) in [4.78, 5) is 5.06. The molecule has 0 aliphatic heterocycles. The molecule has 4 rings (SSSR count). The molecule has 5 nitrogen and oxygen atoms in total. The van der Waals surface area contributed by atoms with Crippen LogP contribution in [0.4, 0.5) is 5.82 Å². The second-order valence-corrected chi connectivity index (χ2v) is 7.85. The SMILES string of the molecule is CCC(CC)Nc1c2c(nc3c(-c4c(C)cc(C)cc4OC)cnn13)CCC2. The van der Waals surface area contributed by atoms with E-state index in [9.17, 15) is 0 Å². The Bertz CT molecular complexity index is 1020. The van der Waals surface area contributed by atoms with Crippen molar-refractivity contribution in [3.63, 3.8) is 0 Å². The monoisotopic (exact) mass is 378 g/mol. The lowest BCUT2D eigenvalue weighted by Gasteiger charge is -2.20. The number of hydrogen-bond acceptors (Lipinski definition) is 4. The normalized spacial score (nSPS) is 13.4. The molecule has 3 aromatic rings. The van der Waals surface area contributed by atoms with Gasteiger partial charge in [0.25, 0.3) is 0 Å². The topological polar surface area (TPSA) is 51.5 Å². The number of anilines is 1. The average Bonchev–Trinajstić information content (AvgIpc) is 3.31. The molecule has 1 aliphatic carbocycles. The van der Waals surface area contributed by atoms with Crippen molar-refractivity contribution in [1.29, 1.82) is 0 Å². The molecule has 5 heteroatoms. The van der Waals surface area contributed by atoms with Gasteiger partial charge >= 0.3 is 0 Å². The second kappa shape index (κ2) is 7.46. The highest BCUT2D eigenvalue weighted by Crippen LogP contribution is 2.38. The largest absolute Gasteiger partial charge is 0.496 e. The summed E-state index contributed by atoms with van der Waals surface area (Å²) in [6.07, 6.45) is 7.40. The van der Waals surface area contributed by atoms with Gasteiger partial charge in [-0.2, -0.15) is 9.61 Å². The first kappa shape index (κ1) is 18.8. The summed E-state index contributed by atoms with van der Waals surface area (Å²) in [6.45, 7) is 8.69. The number of aromatic nitrogens is 3. The Kier molecular flexibility index (Phi) is 5.00. The Morgan fingerprint density at radius 3 is 2.68 bits per heavy atom. The highest BCUT2D eigenvalue weighted by atomic mass is 16.5. The zero-order chi connectivity index (χ0) is 19.8. The van der Waals surface area contributed by atoms with Gasteiger partial charge in [-0.05, 0) is 63.1 Å². The molecule has 1 aromatic carbocycles. The van der Waals surface area contributed by atoms with Gasteiger partial charge in [0.2, 0.25) is 0 Å². The lowest BCUT2D eigenvalue weighted by molar-refractivity contribution is 0.416. The molecule has 0 unspecified atom stereocenters. The zero-order valence-corrected chi connectivity index (χ0v) is 17.6. The van der Waals surface area contributed by atoms with Crippen molar-refractivity contribution in [1.82, 2.24) is 14.6 Å². The molecule has 0 radical (unpaired) electrons. The molecule has 2 heterocycles. The van der Waals surface area contributed by atoms with E-state index >= 15 is 0 Å². The van der Waals surface area contributed by atoms with Crippen molar-refractivity contribution in [2.45, 2.75) is 65.8 Å². The maximum Gasteiger partial charge on any atom is 0.165 e. The predicted octanol–water partition coefficient (Wildman–Crippen LogP) is 5.11. The third-order valence-electron chi connectivity index (χ3n) is 5.93. The number of aryl methyl sites for hydroxylation is 3. The van der Waals surface area contributed by atoms with Gasteiger partial charge in [-0.15, -0.1) is 0 Å². The van der Waals surface area contributed by atoms with Gasteiger partial charge in [0.05, 0.1) is 18.9 Å². The highest BCUT2D eigenvalue weighted by molar-refractivity contribution is 5.85. The first-order valence-corrected chi connectivity index (χ1v) is 10.4. The number of nitrogens with zero attached hydrogens (tertiary/aromatic N) is 3. The molecular formula is C23H30N4O. The molecule has 1 aliphatic rings. The molecule has 0 amide bonds. The molecule has 0 saturated carbocycles. The fraction of sp³-hybridized carbons (Fsp3) is 0.478. The van der Waals surface area contributed by atoms with Gasteiger partial charge in [-0.3, -0.25) is 0 Å². The number of fused-ring (bicyclic) bond motifs is 2. The van der Waals surface area contributed by atoms with Crippen molar-refractivity contribution < 1.29 is 4.74 Å². The second-order valence-electron chi connectivity index (χ2n) is 7.85. The van der Waals surface area contributed by atoms with Gasteiger partial charge in [-0.1, -0.05) is 19.9 Å². The van der Waals surface area contributed by atoms with Crippen LogP contribution in [0.1, 0.15) is 55.5 Å². The molecule has 0 bridgehead atoms. The average molecular weight is 379 g/mol. The van der Waals surface area contributed by atoms with Crippen molar-refractivity contribution in [3.8, 4) is 16.9 Å². The molecule has 28 heavy (non-hydrogen) atoms. The number of hydrogen-bond donors (Lipinski definition) is 1. The van der Waals surface area contributed by atoms with Crippen LogP contribution in [0.5, 0.6) is 5.75 Å². The summed E-state index contributed by atoms with van der Waals surface area (Å²) in [6, 6.07) is 4.72. The molecular weight excluding hydrogens is 348 g/mol. The van der Waals surface area contributed by atoms with Crippen molar-refractivity contribution in [2.75, 3.05) is 12.4 Å². The van der Waals surface area contributed by atoms with Crippen LogP contribution in [0.2, 0.25) is 0 Å². The lowest BCUT2D eigenvalue weighted by Crippen LogP contribution is -2.21. The van der Waals surface area contributed by atoms with Gasteiger partial charge in [-0.25, -0.2) is 4.98 Å². The quantitative estimate of drug-likeness (QED) is 0.647. The molecule has 0 fully saturated rings. The van der Waals surface area contributed by atoms with E-state index in [1.807, 2.05) is 10.7 Å². The Hall–Kier alpha value is -2.56. The lowest BCUT2D eigenvalue weighted by atomic mass is 9.99. The first-order valence-electron chi connectivity index (χ1n) is 10.4. The number of methoxy groups -OCH3 is 1. The summed E-state index contributed by atoms with van der Waals surface area (Å²) < 4.78 is 7.73. The highest BCUT2D eigenvalue weighted by Gasteiger charge is 2.25. The third-order valence-corrected chi connectivity index (χ3v) is 5.93. The molecule has 1 N–H and O–H groups in total. The maximum atomic E-state index is 5.72. The van der Waals surface area contributed by atoms with E-state index in [0.717, 1.165) is 60.4 Å². The van der Waals surface area contributed by atoms with Crippen molar-refractivity contribution >= 4 is 11.5 Å². The van der Waals surface area contributed by atoms with E-state index in [0.29, 0.717) is 6.04 Å². The Morgan fingerprint density at radius 2 is 1.96 bits per heavy atom. The predicted molar refractivity (Wildman–Crippen MR) is 114 cm³/mol. The third kappa shape index (κ3) is 3.03. The smallest absolute Gasteiger partial charge is 0.165 e. The summed E-state index contributed by atoms with van der Waals surface area (Å²) in [5.74, 6) is 2.00. The minimum atomic E-state index is 0.443. The molecule has 148 valence electrons. The number of nitrogens with one attached hydrogen (secondary N) is 1. The molecule has 2 aromatic heterocycles. The van der Waals surface area contributed by atoms with Crippen LogP contribution in [0.3, 0.4) is 0 Å². The van der Waals surface area contributed by atoms with Crippen LogP contribution in [0.25, 0.3) is 16.8 Å². The van der Waals surface area contributed by atoms with E-state index in [2.05, 4.69) is 45.1 Å². The fourth-order valence-electron chi connectivity index (χ4n) is 4.42. The van der Waals surface area contributed by atoms with Crippen LogP contribution < -0.4 is 10.1 Å². The maximum absolute atomic E-state index is 5.72. The van der Waals surface area contributed by atoms with E-state index in [1.165, 1.54) is 22.4 Å². The van der Waals surface area contributed by atoms with Gasteiger partial charge in [0.1, 0.15) is 11.6 Å². The summed E-state index contributed by atoms with van der Waals surface area (Å²) in [5, 5.41) is 8.54. The minimum Gasteiger partial charge on any atom is -0.496 e.